The van der Waals surface area contributed by atoms with Gasteiger partial charge in [0.05, 0.1) is 5.02 Å². The molecule has 2 aromatic carbocycles. The lowest BCUT2D eigenvalue weighted by molar-refractivity contribution is 0.578. The number of rotatable bonds is 6. The minimum Gasteiger partial charge on any atom is -0.371 e. The van der Waals surface area contributed by atoms with E-state index in [9.17, 15) is 8.42 Å². The number of halogens is 2. The van der Waals surface area contributed by atoms with Gasteiger partial charge in [0.1, 0.15) is 4.90 Å². The van der Waals surface area contributed by atoms with Gasteiger partial charge in [-0.15, -0.1) is 0 Å². The maximum Gasteiger partial charge on any atom is 0.242 e. The van der Waals surface area contributed by atoms with Crippen LogP contribution in [0.5, 0.6) is 0 Å². The summed E-state index contributed by atoms with van der Waals surface area (Å²) in [6.45, 7) is 2.14. The van der Waals surface area contributed by atoms with Crippen LogP contribution >= 0.6 is 23.2 Å². The molecule has 0 unspecified atom stereocenters. The van der Waals surface area contributed by atoms with Gasteiger partial charge in [-0.3, -0.25) is 0 Å². The molecule has 0 aromatic heterocycles. The third kappa shape index (κ3) is 3.86. The number of hydrogen-bond donors (Lipinski definition) is 1. The van der Waals surface area contributed by atoms with Crippen molar-refractivity contribution in [1.29, 1.82) is 0 Å². The quantitative estimate of drug-likeness (QED) is 0.771. The molecule has 128 valence electrons. The summed E-state index contributed by atoms with van der Waals surface area (Å²) in [7, 11) is -3.65. The first-order chi connectivity index (χ1) is 11.5. The second-order valence-electron chi connectivity index (χ2n) is 5.69. The third-order valence-corrected chi connectivity index (χ3v) is 6.24. The molecule has 3 rings (SSSR count). The number of nitrogens with one attached hydrogen (secondary N) is 1. The van der Waals surface area contributed by atoms with Crippen LogP contribution in [0.3, 0.4) is 0 Å². The topological polar surface area (TPSA) is 49.4 Å². The van der Waals surface area contributed by atoms with Gasteiger partial charge in [-0.25, -0.2) is 13.1 Å². The zero-order valence-corrected chi connectivity index (χ0v) is 15.3. The third-order valence-electron chi connectivity index (χ3n) is 4.06. The van der Waals surface area contributed by atoms with E-state index in [0.29, 0.717) is 18.0 Å². The van der Waals surface area contributed by atoms with Crippen LogP contribution in [0.25, 0.3) is 0 Å². The average molecular weight is 385 g/mol. The van der Waals surface area contributed by atoms with Gasteiger partial charge in [0.15, 0.2) is 0 Å². The van der Waals surface area contributed by atoms with Crippen molar-refractivity contribution in [3.63, 3.8) is 0 Å². The van der Waals surface area contributed by atoms with E-state index >= 15 is 0 Å². The lowest BCUT2D eigenvalue weighted by Gasteiger charge is -2.19. The summed E-state index contributed by atoms with van der Waals surface area (Å²) in [5.41, 5.74) is 2.60. The maximum atomic E-state index is 12.3. The first kappa shape index (κ1) is 17.5. The fourth-order valence-corrected chi connectivity index (χ4v) is 4.71. The van der Waals surface area contributed by atoms with Crippen LogP contribution in [-0.2, 0) is 16.4 Å². The Morgan fingerprint density at radius 3 is 2.75 bits per heavy atom. The molecule has 0 aliphatic carbocycles. The zero-order chi connectivity index (χ0) is 17.2. The molecular weight excluding hydrogens is 367 g/mol. The average Bonchev–Trinajstić information content (AvgIpc) is 2.97. The van der Waals surface area contributed by atoms with Crippen LogP contribution < -0.4 is 9.62 Å². The highest BCUT2D eigenvalue weighted by molar-refractivity contribution is 7.89. The number of benzene rings is 2. The highest BCUT2D eigenvalue weighted by Gasteiger charge is 2.20. The Bertz CT molecular complexity index is 840. The molecule has 1 N–H and O–H groups in total. The number of sulfonamides is 1. The SMILES string of the molecule is O=S(=O)(NCCCN1CCc2ccccc21)c1cc(Cl)ccc1Cl. The molecule has 0 saturated heterocycles. The maximum absolute atomic E-state index is 12.3. The van der Waals surface area contributed by atoms with Crippen molar-refractivity contribution in [2.45, 2.75) is 17.7 Å². The van der Waals surface area contributed by atoms with Crippen LogP contribution in [-0.4, -0.2) is 28.1 Å². The van der Waals surface area contributed by atoms with E-state index in [1.54, 1.807) is 6.07 Å². The summed E-state index contributed by atoms with van der Waals surface area (Å²) >= 11 is 11.8. The van der Waals surface area contributed by atoms with Gasteiger partial charge in [0.25, 0.3) is 0 Å². The van der Waals surface area contributed by atoms with Crippen LogP contribution in [0.4, 0.5) is 5.69 Å². The first-order valence-corrected chi connectivity index (χ1v) is 9.99. The minimum absolute atomic E-state index is 0.0168. The molecule has 2 aromatic rings. The summed E-state index contributed by atoms with van der Waals surface area (Å²) in [6, 6.07) is 12.7. The Balaban J connectivity index is 1.56. The van der Waals surface area contributed by atoms with Gasteiger partial charge in [-0.05, 0) is 42.7 Å². The lowest BCUT2D eigenvalue weighted by Crippen LogP contribution is -2.29. The predicted octanol–water partition coefficient (Wildman–Crippen LogP) is 3.72. The molecule has 0 atom stereocenters. The second-order valence-corrected chi connectivity index (χ2v) is 8.27. The number of hydrogen-bond acceptors (Lipinski definition) is 3. The Labute approximate surface area is 152 Å². The predicted molar refractivity (Wildman–Crippen MR) is 98.6 cm³/mol. The summed E-state index contributed by atoms with van der Waals surface area (Å²) in [4.78, 5) is 2.30. The number of fused-ring (bicyclic) bond motifs is 1. The van der Waals surface area contributed by atoms with E-state index in [4.69, 9.17) is 23.2 Å². The zero-order valence-electron chi connectivity index (χ0n) is 13.0. The highest BCUT2D eigenvalue weighted by Crippen LogP contribution is 2.27. The van der Waals surface area contributed by atoms with Crippen molar-refractivity contribution in [3.05, 3.63) is 58.1 Å². The van der Waals surface area contributed by atoms with E-state index in [0.717, 1.165) is 19.5 Å². The van der Waals surface area contributed by atoms with Crippen LogP contribution in [0.2, 0.25) is 10.0 Å². The monoisotopic (exact) mass is 384 g/mol. The molecule has 1 aliphatic heterocycles. The molecule has 1 heterocycles. The molecule has 0 amide bonds. The lowest BCUT2D eigenvalue weighted by atomic mass is 10.2. The summed E-state index contributed by atoms with van der Waals surface area (Å²) in [5.74, 6) is 0. The molecule has 0 spiro atoms. The Morgan fingerprint density at radius 1 is 1.12 bits per heavy atom. The molecule has 24 heavy (non-hydrogen) atoms. The molecule has 0 fully saturated rings. The van der Waals surface area contributed by atoms with Crippen LogP contribution in [0.1, 0.15) is 12.0 Å². The molecule has 4 nitrogen and oxygen atoms in total. The minimum atomic E-state index is -3.65. The van der Waals surface area contributed by atoms with Gasteiger partial charge in [0.2, 0.25) is 10.0 Å². The number of anilines is 1. The molecule has 0 bridgehead atoms. The van der Waals surface area contributed by atoms with Crippen molar-refractivity contribution < 1.29 is 8.42 Å². The van der Waals surface area contributed by atoms with Gasteiger partial charge in [-0.2, -0.15) is 0 Å². The number of nitrogens with zero attached hydrogens (tertiary/aromatic N) is 1. The number of para-hydroxylation sites is 1. The van der Waals surface area contributed by atoms with Gasteiger partial charge in [-0.1, -0.05) is 41.4 Å². The molecule has 0 saturated carbocycles. The van der Waals surface area contributed by atoms with Crippen LogP contribution in [0, 0.1) is 0 Å². The Kier molecular flexibility index (Phi) is 5.35. The summed E-state index contributed by atoms with van der Waals surface area (Å²) in [6.07, 6.45) is 1.76. The van der Waals surface area contributed by atoms with Crippen molar-refractivity contribution in [2.24, 2.45) is 0 Å². The fraction of sp³-hybridized carbons (Fsp3) is 0.294. The van der Waals surface area contributed by atoms with Crippen molar-refractivity contribution in [2.75, 3.05) is 24.5 Å². The standard InChI is InChI=1S/C17H18Cl2N2O2S/c18-14-6-7-15(19)17(12-14)24(22,23)20-9-3-10-21-11-8-13-4-1-2-5-16(13)21/h1-2,4-7,12,20H,3,8-11H2. The van der Waals surface area contributed by atoms with Crippen molar-refractivity contribution in [3.8, 4) is 0 Å². The summed E-state index contributed by atoms with van der Waals surface area (Å²) in [5, 5.41) is 0.508. The van der Waals surface area contributed by atoms with E-state index in [-0.39, 0.29) is 9.92 Å². The largest absolute Gasteiger partial charge is 0.371 e. The molecule has 0 radical (unpaired) electrons. The first-order valence-electron chi connectivity index (χ1n) is 7.75. The fourth-order valence-electron chi connectivity index (χ4n) is 2.88. The Hall–Kier alpha value is -1.27. The van der Waals surface area contributed by atoms with Crippen LogP contribution in [0.15, 0.2) is 47.4 Å². The van der Waals surface area contributed by atoms with E-state index in [1.165, 1.54) is 23.4 Å². The van der Waals surface area contributed by atoms with Crippen molar-refractivity contribution >= 4 is 38.9 Å². The van der Waals surface area contributed by atoms with E-state index in [1.807, 2.05) is 12.1 Å². The van der Waals surface area contributed by atoms with Gasteiger partial charge >= 0.3 is 0 Å². The van der Waals surface area contributed by atoms with Gasteiger partial charge < -0.3 is 4.90 Å². The molecular formula is C17H18Cl2N2O2S. The molecule has 7 heteroatoms. The summed E-state index contributed by atoms with van der Waals surface area (Å²) < 4.78 is 27.3. The van der Waals surface area contributed by atoms with Gasteiger partial charge in [0, 0.05) is 30.3 Å². The normalized spacial score (nSPS) is 14.0. The Morgan fingerprint density at radius 2 is 1.92 bits per heavy atom. The smallest absolute Gasteiger partial charge is 0.242 e. The van der Waals surface area contributed by atoms with Crippen molar-refractivity contribution in [1.82, 2.24) is 4.72 Å². The van der Waals surface area contributed by atoms with E-state index < -0.39 is 10.0 Å². The second kappa shape index (κ2) is 7.31. The highest BCUT2D eigenvalue weighted by atomic mass is 35.5. The molecule has 1 aliphatic rings. The van der Waals surface area contributed by atoms with E-state index in [2.05, 4.69) is 21.8 Å².